The van der Waals surface area contributed by atoms with Crippen molar-refractivity contribution in [1.29, 1.82) is 0 Å². The average Bonchev–Trinajstić information content (AvgIpc) is 2.68. The van der Waals surface area contributed by atoms with Crippen LogP contribution in [-0.4, -0.2) is 35.5 Å². The van der Waals surface area contributed by atoms with Crippen molar-refractivity contribution in [3.8, 4) is 0 Å². The average molecular weight is 379 g/mol. The first-order valence-corrected chi connectivity index (χ1v) is 10.3. The van der Waals surface area contributed by atoms with Crippen LogP contribution in [0.15, 0.2) is 48.6 Å². The summed E-state index contributed by atoms with van der Waals surface area (Å²) in [5.41, 5.74) is 0. The molecule has 0 aliphatic carbocycles. The standard InChI is InChI=1S/C23H38O4/c1-2-3-4-5-6-7-8-9-10-11-12-13-14-15-16-17-18-19-23(26)27-22(20-24)21-25/h3-4,6-7,9-10,12-13,22,24-25H,2,5,8,11,14-21H2,1H3. The summed E-state index contributed by atoms with van der Waals surface area (Å²) in [6, 6.07) is 0. The van der Waals surface area contributed by atoms with Gasteiger partial charge in [-0.15, -0.1) is 0 Å². The highest BCUT2D eigenvalue weighted by Gasteiger charge is 2.11. The zero-order valence-electron chi connectivity index (χ0n) is 16.9. The predicted octanol–water partition coefficient (Wildman–Crippen LogP) is 5.03. The van der Waals surface area contributed by atoms with Gasteiger partial charge in [0, 0.05) is 6.42 Å². The number of carbonyl (C=O) groups excluding carboxylic acids is 1. The molecule has 0 atom stereocenters. The molecule has 0 radical (unpaired) electrons. The van der Waals surface area contributed by atoms with Gasteiger partial charge in [-0.25, -0.2) is 0 Å². The number of carbonyl (C=O) groups is 1. The molecule has 0 spiro atoms. The van der Waals surface area contributed by atoms with Gasteiger partial charge in [-0.2, -0.15) is 0 Å². The van der Waals surface area contributed by atoms with Crippen LogP contribution in [0.4, 0.5) is 0 Å². The van der Waals surface area contributed by atoms with Crippen LogP contribution in [0.25, 0.3) is 0 Å². The molecule has 0 bridgehead atoms. The Morgan fingerprint density at radius 1 is 0.778 bits per heavy atom. The topological polar surface area (TPSA) is 66.8 Å². The van der Waals surface area contributed by atoms with Gasteiger partial charge in [0.05, 0.1) is 13.2 Å². The van der Waals surface area contributed by atoms with Gasteiger partial charge in [0.25, 0.3) is 0 Å². The van der Waals surface area contributed by atoms with E-state index in [0.717, 1.165) is 57.8 Å². The molecule has 4 heteroatoms. The highest BCUT2D eigenvalue weighted by atomic mass is 16.6. The van der Waals surface area contributed by atoms with Crippen molar-refractivity contribution in [2.75, 3.05) is 13.2 Å². The Bertz CT molecular complexity index is 445. The van der Waals surface area contributed by atoms with Crippen molar-refractivity contribution >= 4 is 5.97 Å². The summed E-state index contributed by atoms with van der Waals surface area (Å²) in [7, 11) is 0. The molecule has 154 valence electrons. The van der Waals surface area contributed by atoms with Crippen LogP contribution in [0.2, 0.25) is 0 Å². The van der Waals surface area contributed by atoms with Crippen molar-refractivity contribution in [2.45, 2.75) is 77.2 Å². The minimum Gasteiger partial charge on any atom is -0.457 e. The van der Waals surface area contributed by atoms with Gasteiger partial charge in [0.15, 0.2) is 0 Å². The first kappa shape index (κ1) is 25.4. The Kier molecular flexibility index (Phi) is 19.4. The first-order chi connectivity index (χ1) is 13.2. The van der Waals surface area contributed by atoms with Gasteiger partial charge in [-0.05, 0) is 44.9 Å². The Morgan fingerprint density at radius 3 is 1.85 bits per heavy atom. The summed E-state index contributed by atoms with van der Waals surface area (Å²) >= 11 is 0. The maximum Gasteiger partial charge on any atom is 0.306 e. The smallest absolute Gasteiger partial charge is 0.306 e. The maximum atomic E-state index is 11.5. The molecular weight excluding hydrogens is 340 g/mol. The lowest BCUT2D eigenvalue weighted by molar-refractivity contribution is -0.153. The summed E-state index contributed by atoms with van der Waals surface area (Å²) in [6.45, 7) is 1.47. The van der Waals surface area contributed by atoms with E-state index in [0.29, 0.717) is 6.42 Å². The summed E-state index contributed by atoms with van der Waals surface area (Å²) in [6.07, 6.45) is 26.3. The van der Waals surface area contributed by atoms with Gasteiger partial charge < -0.3 is 14.9 Å². The zero-order valence-corrected chi connectivity index (χ0v) is 16.9. The molecular formula is C23H38O4. The third kappa shape index (κ3) is 18.9. The molecule has 0 aromatic heterocycles. The summed E-state index contributed by atoms with van der Waals surface area (Å²) in [5, 5.41) is 17.7. The number of hydrogen-bond acceptors (Lipinski definition) is 4. The monoisotopic (exact) mass is 378 g/mol. The van der Waals surface area contributed by atoms with E-state index in [1.54, 1.807) is 0 Å². The van der Waals surface area contributed by atoms with Crippen molar-refractivity contribution in [3.05, 3.63) is 48.6 Å². The number of hydrogen-bond donors (Lipinski definition) is 2. The van der Waals surface area contributed by atoms with Crippen LogP contribution in [0.3, 0.4) is 0 Å². The Labute approximate surface area is 165 Å². The van der Waals surface area contributed by atoms with Crippen LogP contribution < -0.4 is 0 Å². The lowest BCUT2D eigenvalue weighted by Crippen LogP contribution is -2.25. The van der Waals surface area contributed by atoms with E-state index < -0.39 is 6.10 Å². The third-order valence-electron chi connectivity index (χ3n) is 3.93. The number of esters is 1. The van der Waals surface area contributed by atoms with E-state index in [9.17, 15) is 4.79 Å². The molecule has 2 N–H and O–H groups in total. The van der Waals surface area contributed by atoms with E-state index >= 15 is 0 Å². The van der Waals surface area contributed by atoms with Crippen molar-refractivity contribution in [1.82, 2.24) is 0 Å². The van der Waals surface area contributed by atoms with Gasteiger partial charge >= 0.3 is 5.97 Å². The normalized spacial score (nSPS) is 12.4. The quantitative estimate of drug-likeness (QED) is 0.212. The lowest BCUT2D eigenvalue weighted by atomic mass is 10.1. The molecule has 0 rings (SSSR count). The fourth-order valence-electron chi connectivity index (χ4n) is 2.36. The molecule has 0 saturated carbocycles. The van der Waals surface area contributed by atoms with Crippen LogP contribution in [-0.2, 0) is 9.53 Å². The molecule has 0 aliphatic heterocycles. The van der Waals surface area contributed by atoms with Crippen LogP contribution >= 0.6 is 0 Å². The summed E-state index contributed by atoms with van der Waals surface area (Å²) < 4.78 is 4.91. The molecule has 0 heterocycles. The Hall–Kier alpha value is -1.65. The summed E-state index contributed by atoms with van der Waals surface area (Å²) in [4.78, 5) is 11.5. The van der Waals surface area contributed by atoms with Crippen LogP contribution in [0, 0.1) is 0 Å². The minimum atomic E-state index is -0.782. The number of ether oxygens (including phenoxy) is 1. The van der Waals surface area contributed by atoms with Crippen LogP contribution in [0.5, 0.6) is 0 Å². The number of allylic oxidation sites excluding steroid dienone is 8. The van der Waals surface area contributed by atoms with Gasteiger partial charge in [-0.1, -0.05) is 68.4 Å². The fraction of sp³-hybridized carbons (Fsp3) is 0.609. The molecule has 4 nitrogen and oxygen atoms in total. The van der Waals surface area contributed by atoms with Crippen molar-refractivity contribution in [3.63, 3.8) is 0 Å². The fourth-order valence-corrected chi connectivity index (χ4v) is 2.36. The first-order valence-electron chi connectivity index (χ1n) is 10.3. The Balaban J connectivity index is 3.46. The molecule has 0 amide bonds. The SMILES string of the molecule is CCC=CCC=CCC=CCC=CCCCCCCC(=O)OC(CO)CO. The highest BCUT2D eigenvalue weighted by Crippen LogP contribution is 2.08. The Morgan fingerprint density at radius 2 is 1.30 bits per heavy atom. The number of aliphatic hydroxyl groups is 2. The molecule has 0 unspecified atom stereocenters. The second kappa shape index (κ2) is 20.7. The van der Waals surface area contributed by atoms with E-state index in [2.05, 4.69) is 55.5 Å². The van der Waals surface area contributed by atoms with Gasteiger partial charge in [-0.3, -0.25) is 4.79 Å². The minimum absolute atomic E-state index is 0.336. The van der Waals surface area contributed by atoms with E-state index in [1.165, 1.54) is 0 Å². The van der Waals surface area contributed by atoms with Gasteiger partial charge in [0.2, 0.25) is 0 Å². The summed E-state index contributed by atoms with van der Waals surface area (Å²) in [5.74, 6) is -0.345. The molecule has 0 aromatic rings. The number of rotatable bonds is 17. The number of aliphatic hydroxyl groups excluding tert-OH is 2. The highest BCUT2D eigenvalue weighted by molar-refractivity contribution is 5.69. The predicted molar refractivity (Wildman–Crippen MR) is 112 cm³/mol. The molecule has 0 aromatic carbocycles. The molecule has 0 fully saturated rings. The van der Waals surface area contributed by atoms with Crippen molar-refractivity contribution < 1.29 is 19.7 Å². The third-order valence-corrected chi connectivity index (χ3v) is 3.93. The second-order valence-corrected chi connectivity index (χ2v) is 6.43. The lowest BCUT2D eigenvalue weighted by Gasteiger charge is -2.12. The molecule has 0 saturated heterocycles. The van der Waals surface area contributed by atoms with E-state index in [-0.39, 0.29) is 19.2 Å². The van der Waals surface area contributed by atoms with E-state index in [4.69, 9.17) is 14.9 Å². The van der Waals surface area contributed by atoms with E-state index in [1.807, 2.05) is 0 Å². The molecule has 27 heavy (non-hydrogen) atoms. The molecule has 0 aliphatic rings. The van der Waals surface area contributed by atoms with Crippen molar-refractivity contribution in [2.24, 2.45) is 0 Å². The number of unbranched alkanes of at least 4 members (excludes halogenated alkanes) is 4. The largest absolute Gasteiger partial charge is 0.457 e. The van der Waals surface area contributed by atoms with Gasteiger partial charge in [0.1, 0.15) is 6.10 Å². The second-order valence-electron chi connectivity index (χ2n) is 6.43. The van der Waals surface area contributed by atoms with Crippen LogP contribution in [0.1, 0.15) is 71.1 Å². The zero-order chi connectivity index (χ0) is 20.0. The maximum absolute atomic E-state index is 11.5.